The topological polar surface area (TPSA) is 91.3 Å². The van der Waals surface area contributed by atoms with Gasteiger partial charge in [-0.25, -0.2) is 4.57 Å². The van der Waals surface area contributed by atoms with Crippen molar-refractivity contribution >= 4 is 13.8 Å². The Hall–Kier alpha value is -1.80. The van der Waals surface area contributed by atoms with Crippen LogP contribution in [0.3, 0.4) is 0 Å². The fourth-order valence-electron chi connectivity index (χ4n) is 5.30. The first kappa shape index (κ1) is 51.2. The first-order valence-corrected chi connectivity index (χ1v) is 22.5. The van der Waals surface area contributed by atoms with Gasteiger partial charge in [-0.2, -0.15) is 0 Å². The Morgan fingerprint density at radius 1 is 0.604 bits per heavy atom. The van der Waals surface area contributed by atoms with E-state index in [2.05, 4.69) is 74.6 Å². The summed E-state index contributed by atoms with van der Waals surface area (Å²) >= 11 is 0. The van der Waals surface area contributed by atoms with Gasteiger partial charge in [0.05, 0.1) is 34.4 Å². The molecule has 1 N–H and O–H groups in total. The van der Waals surface area contributed by atoms with Crippen molar-refractivity contribution in [1.82, 2.24) is 0 Å². The number of ether oxygens (including phenoxy) is 2. The van der Waals surface area contributed by atoms with Crippen LogP contribution in [0, 0.1) is 0 Å². The van der Waals surface area contributed by atoms with Gasteiger partial charge in [0.25, 0.3) is 0 Å². The summed E-state index contributed by atoms with van der Waals surface area (Å²) in [6, 6.07) is 0. The standard InChI is InChI=1S/C44H80NO7P/c1-6-8-10-12-14-16-18-20-22-24-26-28-30-32-34-36-39-49-41-43(42-51-53(47,48)50-40-38-45(3,4)5)52-44(46)37-35-33-31-29-27-25-23-21-19-17-15-13-11-9-7-2/h9,11,14-17,20-23,43H,6-8,10,12-13,18-19,24-42H2,1-5H3/p+1/b11-9-,16-14-,17-15-,22-20-,23-21-. The predicted molar refractivity (Wildman–Crippen MR) is 224 cm³/mol. The average Bonchev–Trinajstić information content (AvgIpc) is 3.11. The molecule has 0 heterocycles. The van der Waals surface area contributed by atoms with Gasteiger partial charge >= 0.3 is 13.8 Å². The largest absolute Gasteiger partial charge is 0.472 e. The normalized spacial score (nSPS) is 14.5. The van der Waals surface area contributed by atoms with Crippen molar-refractivity contribution in [2.75, 3.05) is 54.1 Å². The van der Waals surface area contributed by atoms with Gasteiger partial charge < -0.3 is 18.9 Å². The summed E-state index contributed by atoms with van der Waals surface area (Å²) in [6.07, 6.45) is 45.3. The second-order valence-corrected chi connectivity index (χ2v) is 16.4. The van der Waals surface area contributed by atoms with Gasteiger partial charge in [-0.1, -0.05) is 132 Å². The van der Waals surface area contributed by atoms with E-state index in [0.717, 1.165) is 83.5 Å². The Bertz CT molecular complexity index is 1030. The lowest BCUT2D eigenvalue weighted by Gasteiger charge is -2.24. The average molecular weight is 767 g/mol. The Morgan fingerprint density at radius 3 is 1.64 bits per heavy atom. The molecule has 0 aromatic heterocycles. The van der Waals surface area contributed by atoms with E-state index in [1.54, 1.807) is 0 Å². The van der Waals surface area contributed by atoms with Crippen molar-refractivity contribution in [2.45, 2.75) is 161 Å². The molecule has 2 unspecified atom stereocenters. The molecule has 0 saturated heterocycles. The summed E-state index contributed by atoms with van der Waals surface area (Å²) < 4.78 is 34.9. The summed E-state index contributed by atoms with van der Waals surface area (Å²) in [5.74, 6) is -0.337. The van der Waals surface area contributed by atoms with Crippen LogP contribution in [0.15, 0.2) is 60.8 Å². The number of esters is 1. The summed E-state index contributed by atoms with van der Waals surface area (Å²) in [4.78, 5) is 22.8. The van der Waals surface area contributed by atoms with E-state index >= 15 is 0 Å². The molecule has 0 saturated carbocycles. The number of unbranched alkanes of at least 4 members (excludes halogenated alkanes) is 14. The molecular weight excluding hydrogens is 685 g/mol. The van der Waals surface area contributed by atoms with E-state index in [-0.39, 0.29) is 25.8 Å². The van der Waals surface area contributed by atoms with Crippen LogP contribution in [-0.4, -0.2) is 75.6 Å². The monoisotopic (exact) mass is 767 g/mol. The van der Waals surface area contributed by atoms with Crippen molar-refractivity contribution in [3.05, 3.63) is 60.8 Å². The van der Waals surface area contributed by atoms with Crippen LogP contribution in [-0.2, 0) is 27.9 Å². The molecule has 0 radical (unpaired) electrons. The first-order valence-electron chi connectivity index (χ1n) is 21.0. The second kappa shape index (κ2) is 37.1. The van der Waals surface area contributed by atoms with Gasteiger partial charge in [0.15, 0.2) is 0 Å². The number of hydrogen-bond acceptors (Lipinski definition) is 6. The van der Waals surface area contributed by atoms with Crippen LogP contribution in [0.5, 0.6) is 0 Å². The van der Waals surface area contributed by atoms with Crippen LogP contribution in [0.4, 0.5) is 0 Å². The van der Waals surface area contributed by atoms with E-state index in [4.69, 9.17) is 18.5 Å². The van der Waals surface area contributed by atoms with E-state index in [1.807, 2.05) is 21.1 Å². The molecule has 0 spiro atoms. The molecule has 53 heavy (non-hydrogen) atoms. The molecule has 0 aliphatic rings. The number of carbonyl (C=O) groups is 1. The molecule has 0 aliphatic carbocycles. The highest BCUT2D eigenvalue weighted by molar-refractivity contribution is 7.47. The third kappa shape index (κ3) is 41.2. The summed E-state index contributed by atoms with van der Waals surface area (Å²) in [7, 11) is 1.64. The molecule has 0 fully saturated rings. The van der Waals surface area contributed by atoms with Crippen LogP contribution >= 0.6 is 7.82 Å². The van der Waals surface area contributed by atoms with Gasteiger partial charge in [-0.3, -0.25) is 13.8 Å². The Kier molecular flexibility index (Phi) is 35.9. The summed E-state index contributed by atoms with van der Waals surface area (Å²) in [5, 5.41) is 0. The SMILES string of the molecule is CC/C=C\C/C=C\C/C=C\CCCCCCCC(=O)OC(COCCCCCCCC/C=C\C/C=C\CCCCC)COP(=O)(O)OCC[N+](C)(C)C. The van der Waals surface area contributed by atoms with Gasteiger partial charge in [0.2, 0.25) is 0 Å². The molecule has 2 atom stereocenters. The van der Waals surface area contributed by atoms with E-state index in [0.29, 0.717) is 24.1 Å². The molecule has 0 aromatic carbocycles. The van der Waals surface area contributed by atoms with Crippen LogP contribution in [0.25, 0.3) is 0 Å². The maximum absolute atomic E-state index is 12.7. The fraction of sp³-hybridized carbons (Fsp3) is 0.750. The van der Waals surface area contributed by atoms with Gasteiger partial charge in [-0.15, -0.1) is 0 Å². The van der Waals surface area contributed by atoms with Crippen molar-refractivity contribution in [3.8, 4) is 0 Å². The van der Waals surface area contributed by atoms with E-state index in [9.17, 15) is 14.3 Å². The fourth-order valence-corrected chi connectivity index (χ4v) is 6.04. The third-order valence-corrected chi connectivity index (χ3v) is 9.55. The minimum Gasteiger partial charge on any atom is -0.457 e. The smallest absolute Gasteiger partial charge is 0.457 e. The predicted octanol–water partition coefficient (Wildman–Crippen LogP) is 12.2. The van der Waals surface area contributed by atoms with Crippen molar-refractivity contribution in [2.24, 2.45) is 0 Å². The maximum Gasteiger partial charge on any atom is 0.472 e. The second-order valence-electron chi connectivity index (χ2n) is 15.0. The van der Waals surface area contributed by atoms with Gasteiger partial charge in [0.1, 0.15) is 19.3 Å². The number of allylic oxidation sites excluding steroid dienone is 10. The number of phosphoric ester groups is 1. The third-order valence-electron chi connectivity index (χ3n) is 8.56. The lowest BCUT2D eigenvalue weighted by Crippen LogP contribution is -2.37. The van der Waals surface area contributed by atoms with Crippen LogP contribution in [0.1, 0.15) is 155 Å². The molecule has 8 nitrogen and oxygen atoms in total. The maximum atomic E-state index is 12.7. The zero-order valence-corrected chi connectivity index (χ0v) is 35.6. The highest BCUT2D eigenvalue weighted by Crippen LogP contribution is 2.43. The van der Waals surface area contributed by atoms with Crippen molar-refractivity contribution in [1.29, 1.82) is 0 Å². The molecule has 308 valence electrons. The number of phosphoric acid groups is 1. The van der Waals surface area contributed by atoms with Crippen LogP contribution in [0.2, 0.25) is 0 Å². The Balaban J connectivity index is 4.32. The highest BCUT2D eigenvalue weighted by Gasteiger charge is 2.26. The summed E-state index contributed by atoms with van der Waals surface area (Å²) in [5.41, 5.74) is 0. The number of likely N-dealkylation sites (N-methyl/N-ethyl adjacent to an activating group) is 1. The highest BCUT2D eigenvalue weighted by atomic mass is 31.2. The zero-order chi connectivity index (χ0) is 39.1. The summed E-state index contributed by atoms with van der Waals surface area (Å²) in [6.45, 7) is 5.42. The molecular formula is C44H81NO7P+. The lowest BCUT2D eigenvalue weighted by atomic mass is 10.1. The Labute approximate surface area is 326 Å². The molecule has 0 aliphatic heterocycles. The minimum atomic E-state index is -4.28. The van der Waals surface area contributed by atoms with E-state index < -0.39 is 13.9 Å². The van der Waals surface area contributed by atoms with Crippen LogP contribution < -0.4 is 0 Å². The number of hydrogen-bond donors (Lipinski definition) is 1. The minimum absolute atomic E-state index is 0.0800. The molecule has 0 bridgehead atoms. The van der Waals surface area contributed by atoms with Gasteiger partial charge in [-0.05, 0) is 77.0 Å². The number of rotatable bonds is 38. The number of quaternary nitrogens is 1. The Morgan fingerprint density at radius 2 is 1.09 bits per heavy atom. The van der Waals surface area contributed by atoms with Crippen molar-refractivity contribution < 1.29 is 37.3 Å². The van der Waals surface area contributed by atoms with Gasteiger partial charge in [0, 0.05) is 13.0 Å². The zero-order valence-electron chi connectivity index (χ0n) is 34.7. The first-order chi connectivity index (χ1) is 25.6. The quantitative estimate of drug-likeness (QED) is 0.0220. The number of carbonyl (C=O) groups excluding carboxylic acids is 1. The molecule has 0 rings (SSSR count). The molecule has 0 aromatic rings. The molecule has 0 amide bonds. The lowest BCUT2D eigenvalue weighted by molar-refractivity contribution is -0.870. The number of nitrogens with zero attached hydrogens (tertiary/aromatic N) is 1. The molecule has 9 heteroatoms. The van der Waals surface area contributed by atoms with Crippen molar-refractivity contribution in [3.63, 3.8) is 0 Å². The van der Waals surface area contributed by atoms with E-state index in [1.165, 1.54) is 51.4 Å².